The summed E-state index contributed by atoms with van der Waals surface area (Å²) in [4.78, 5) is 11.3. The zero-order chi connectivity index (χ0) is 11.2. The molecule has 0 aromatic rings. The van der Waals surface area contributed by atoms with Crippen molar-refractivity contribution in [2.24, 2.45) is 5.92 Å². The summed E-state index contributed by atoms with van der Waals surface area (Å²) in [7, 11) is 0. The predicted molar refractivity (Wildman–Crippen MR) is 62.2 cm³/mol. The fourth-order valence-corrected chi connectivity index (χ4v) is 1.52. The largest absolute Gasteiger partial charge is 0.381 e. The first kappa shape index (κ1) is 11.9. The van der Waals surface area contributed by atoms with E-state index in [1.54, 1.807) is 0 Å². The molecule has 0 heterocycles. The van der Waals surface area contributed by atoms with Crippen molar-refractivity contribution < 1.29 is 9.53 Å². The highest BCUT2D eigenvalue weighted by Crippen LogP contribution is 2.28. The zero-order valence-electron chi connectivity index (χ0n) is 9.84. The number of hydrogen-bond donors (Lipinski definition) is 2. The number of rotatable bonds is 9. The van der Waals surface area contributed by atoms with Crippen LogP contribution in [0.1, 0.15) is 32.1 Å². The molecule has 4 heteroatoms. The van der Waals surface area contributed by atoms with Crippen LogP contribution in [0.3, 0.4) is 0 Å². The zero-order valence-corrected chi connectivity index (χ0v) is 9.84. The molecule has 2 N–H and O–H groups in total. The summed E-state index contributed by atoms with van der Waals surface area (Å²) in [6.45, 7) is 2.88. The molecule has 1 amide bonds. The van der Waals surface area contributed by atoms with Gasteiger partial charge in [-0.1, -0.05) is 0 Å². The SMILES string of the molecule is O=C(CNC1CC1)NCCCOCC1CC1. The number of hydrogen-bond acceptors (Lipinski definition) is 3. The van der Waals surface area contributed by atoms with Gasteiger partial charge in [0, 0.05) is 25.8 Å². The summed E-state index contributed by atoms with van der Waals surface area (Å²) in [5.74, 6) is 0.937. The van der Waals surface area contributed by atoms with E-state index in [0.29, 0.717) is 12.6 Å². The van der Waals surface area contributed by atoms with Gasteiger partial charge in [0.15, 0.2) is 0 Å². The molecule has 2 aliphatic carbocycles. The van der Waals surface area contributed by atoms with Crippen LogP contribution in [-0.2, 0) is 9.53 Å². The maximum atomic E-state index is 11.3. The van der Waals surface area contributed by atoms with Gasteiger partial charge in [-0.05, 0) is 38.0 Å². The van der Waals surface area contributed by atoms with E-state index >= 15 is 0 Å². The van der Waals surface area contributed by atoms with Gasteiger partial charge in [0.1, 0.15) is 0 Å². The van der Waals surface area contributed by atoms with E-state index in [9.17, 15) is 4.79 Å². The highest BCUT2D eigenvalue weighted by molar-refractivity contribution is 5.77. The molecule has 0 saturated heterocycles. The Morgan fingerprint density at radius 2 is 2.06 bits per heavy atom. The molecule has 0 spiro atoms. The highest BCUT2D eigenvalue weighted by Gasteiger charge is 2.21. The minimum atomic E-state index is 0.106. The molecule has 4 nitrogen and oxygen atoms in total. The van der Waals surface area contributed by atoms with Crippen LogP contribution in [0, 0.1) is 5.92 Å². The van der Waals surface area contributed by atoms with E-state index in [0.717, 1.165) is 32.1 Å². The molecule has 2 saturated carbocycles. The van der Waals surface area contributed by atoms with Crippen LogP contribution >= 0.6 is 0 Å². The lowest BCUT2D eigenvalue weighted by atomic mass is 10.4. The number of amides is 1. The van der Waals surface area contributed by atoms with Crippen molar-refractivity contribution in [2.45, 2.75) is 38.1 Å². The fraction of sp³-hybridized carbons (Fsp3) is 0.917. The van der Waals surface area contributed by atoms with Crippen molar-refractivity contribution in [3.63, 3.8) is 0 Å². The molecule has 0 radical (unpaired) electrons. The minimum absolute atomic E-state index is 0.106. The Labute approximate surface area is 97.1 Å². The van der Waals surface area contributed by atoms with Gasteiger partial charge in [-0.15, -0.1) is 0 Å². The number of carbonyl (C=O) groups is 1. The molecule has 2 rings (SSSR count). The van der Waals surface area contributed by atoms with Gasteiger partial charge in [0.05, 0.1) is 6.54 Å². The fourth-order valence-electron chi connectivity index (χ4n) is 1.52. The molecule has 0 atom stereocenters. The molecular formula is C12H22N2O2. The Morgan fingerprint density at radius 1 is 1.25 bits per heavy atom. The van der Waals surface area contributed by atoms with E-state index in [1.807, 2.05) is 0 Å². The van der Waals surface area contributed by atoms with Crippen molar-refractivity contribution in [3.8, 4) is 0 Å². The summed E-state index contributed by atoms with van der Waals surface area (Å²) in [6, 6.07) is 0.604. The van der Waals surface area contributed by atoms with Gasteiger partial charge in [-0.3, -0.25) is 4.79 Å². The van der Waals surface area contributed by atoms with Gasteiger partial charge in [-0.25, -0.2) is 0 Å². The maximum absolute atomic E-state index is 11.3. The van der Waals surface area contributed by atoms with E-state index in [4.69, 9.17) is 4.74 Å². The Morgan fingerprint density at radius 3 is 2.75 bits per heavy atom. The first-order chi connectivity index (χ1) is 7.84. The lowest BCUT2D eigenvalue weighted by Crippen LogP contribution is -2.35. The second-order valence-electron chi connectivity index (χ2n) is 4.88. The molecule has 92 valence electrons. The first-order valence-electron chi connectivity index (χ1n) is 6.42. The molecular weight excluding hydrogens is 204 g/mol. The summed E-state index contributed by atoms with van der Waals surface area (Å²) < 4.78 is 5.48. The quantitative estimate of drug-likeness (QED) is 0.568. The second-order valence-corrected chi connectivity index (χ2v) is 4.88. The topological polar surface area (TPSA) is 50.4 Å². The molecule has 0 aromatic carbocycles. The van der Waals surface area contributed by atoms with Gasteiger partial charge in [0.25, 0.3) is 0 Å². The van der Waals surface area contributed by atoms with Crippen LogP contribution in [0.15, 0.2) is 0 Å². The summed E-state index contributed by atoms with van der Waals surface area (Å²) in [5.41, 5.74) is 0. The van der Waals surface area contributed by atoms with E-state index < -0.39 is 0 Å². The van der Waals surface area contributed by atoms with Gasteiger partial charge in [0.2, 0.25) is 5.91 Å². The number of ether oxygens (including phenoxy) is 1. The summed E-state index contributed by atoms with van der Waals surface area (Å²) >= 11 is 0. The first-order valence-corrected chi connectivity index (χ1v) is 6.42. The normalized spacial score (nSPS) is 19.8. The third kappa shape index (κ3) is 5.47. The lowest BCUT2D eigenvalue weighted by Gasteiger charge is -2.06. The van der Waals surface area contributed by atoms with Crippen LogP contribution < -0.4 is 10.6 Å². The molecule has 2 aliphatic rings. The molecule has 2 fully saturated rings. The Kier molecular flexibility index (Phi) is 4.60. The van der Waals surface area contributed by atoms with Crippen LogP contribution in [0.4, 0.5) is 0 Å². The van der Waals surface area contributed by atoms with Gasteiger partial charge < -0.3 is 15.4 Å². The lowest BCUT2D eigenvalue weighted by molar-refractivity contribution is -0.120. The highest BCUT2D eigenvalue weighted by atomic mass is 16.5. The van der Waals surface area contributed by atoms with E-state index in [1.165, 1.54) is 25.7 Å². The maximum Gasteiger partial charge on any atom is 0.233 e. The standard InChI is InChI=1S/C12H22N2O2/c15-12(8-14-11-4-5-11)13-6-1-7-16-9-10-2-3-10/h10-11,14H,1-9H2,(H,13,15). The average molecular weight is 226 g/mol. The average Bonchev–Trinajstić information content (AvgIpc) is 3.15. The van der Waals surface area contributed by atoms with Crippen LogP contribution in [0.5, 0.6) is 0 Å². The predicted octanol–water partition coefficient (Wildman–Crippen LogP) is 0.671. The Balaban J connectivity index is 1.33. The van der Waals surface area contributed by atoms with Gasteiger partial charge in [-0.2, -0.15) is 0 Å². The molecule has 0 bridgehead atoms. The molecule has 0 unspecified atom stereocenters. The number of nitrogens with one attached hydrogen (secondary N) is 2. The Bertz CT molecular complexity index is 225. The molecule has 16 heavy (non-hydrogen) atoms. The third-order valence-electron chi connectivity index (χ3n) is 2.97. The van der Waals surface area contributed by atoms with Crippen molar-refractivity contribution in [1.29, 1.82) is 0 Å². The summed E-state index contributed by atoms with van der Waals surface area (Å²) in [5, 5.41) is 6.08. The second kappa shape index (κ2) is 6.21. The minimum Gasteiger partial charge on any atom is -0.381 e. The van der Waals surface area contributed by atoms with Crippen molar-refractivity contribution in [1.82, 2.24) is 10.6 Å². The van der Waals surface area contributed by atoms with Gasteiger partial charge >= 0.3 is 0 Å². The Hall–Kier alpha value is -0.610. The van der Waals surface area contributed by atoms with Crippen LogP contribution in [0.2, 0.25) is 0 Å². The number of carbonyl (C=O) groups excluding carboxylic acids is 1. The van der Waals surface area contributed by atoms with E-state index in [-0.39, 0.29) is 5.91 Å². The van der Waals surface area contributed by atoms with Crippen molar-refractivity contribution >= 4 is 5.91 Å². The molecule has 0 aliphatic heterocycles. The molecule has 0 aromatic heterocycles. The van der Waals surface area contributed by atoms with Crippen molar-refractivity contribution in [2.75, 3.05) is 26.3 Å². The van der Waals surface area contributed by atoms with Crippen LogP contribution in [-0.4, -0.2) is 38.3 Å². The summed E-state index contributed by atoms with van der Waals surface area (Å²) in [6.07, 6.45) is 6.04. The smallest absolute Gasteiger partial charge is 0.233 e. The third-order valence-corrected chi connectivity index (χ3v) is 2.97. The van der Waals surface area contributed by atoms with Crippen LogP contribution in [0.25, 0.3) is 0 Å². The van der Waals surface area contributed by atoms with E-state index in [2.05, 4.69) is 10.6 Å². The monoisotopic (exact) mass is 226 g/mol. The van der Waals surface area contributed by atoms with Crippen molar-refractivity contribution in [3.05, 3.63) is 0 Å².